The molecule has 1 N–H and O–H groups in total. The molecule has 4 nitrogen and oxygen atoms in total. The molecule has 0 aliphatic carbocycles. The van der Waals surface area contributed by atoms with Crippen LogP contribution in [0.15, 0.2) is 48.5 Å². The molecule has 4 heteroatoms. The number of rotatable bonds is 4. The topological polar surface area (TPSA) is 37.4 Å². The fourth-order valence-electron chi connectivity index (χ4n) is 2.57. The number of methoxy groups -OCH3 is 1. The maximum absolute atomic E-state index is 5.29. The van der Waals surface area contributed by atoms with E-state index in [-0.39, 0.29) is 0 Å². The molecule has 2 aromatic carbocycles. The number of anilines is 3. The Morgan fingerprint density at radius 1 is 1.00 bits per heavy atom. The molecular formula is C19H21N3O. The molecule has 0 fully saturated rings. The van der Waals surface area contributed by atoms with E-state index >= 15 is 0 Å². The Kier molecular flexibility index (Phi) is 4.06. The Bertz CT molecular complexity index is 826. The van der Waals surface area contributed by atoms with Gasteiger partial charge < -0.3 is 15.0 Å². The van der Waals surface area contributed by atoms with E-state index in [0.29, 0.717) is 0 Å². The number of benzene rings is 2. The first-order valence-electron chi connectivity index (χ1n) is 7.56. The van der Waals surface area contributed by atoms with Crippen molar-refractivity contribution in [2.24, 2.45) is 0 Å². The van der Waals surface area contributed by atoms with Crippen LogP contribution in [0.2, 0.25) is 0 Å². The number of nitrogens with one attached hydrogen (secondary N) is 1. The molecular weight excluding hydrogens is 286 g/mol. The highest BCUT2D eigenvalue weighted by Gasteiger charge is 2.06. The molecule has 23 heavy (non-hydrogen) atoms. The number of aryl methyl sites for hydroxylation is 1. The molecule has 0 radical (unpaired) electrons. The molecule has 0 aliphatic rings. The highest BCUT2D eigenvalue weighted by molar-refractivity contribution is 5.94. The predicted molar refractivity (Wildman–Crippen MR) is 97.1 cm³/mol. The van der Waals surface area contributed by atoms with Gasteiger partial charge in [0.25, 0.3) is 0 Å². The second kappa shape index (κ2) is 6.16. The van der Waals surface area contributed by atoms with E-state index in [1.165, 1.54) is 5.69 Å². The number of ether oxygens (including phenoxy) is 1. The van der Waals surface area contributed by atoms with Crippen molar-refractivity contribution in [3.8, 4) is 5.75 Å². The summed E-state index contributed by atoms with van der Waals surface area (Å²) in [5.41, 5.74) is 5.18. The van der Waals surface area contributed by atoms with E-state index in [2.05, 4.69) is 45.5 Å². The predicted octanol–water partition coefficient (Wildman–Crippen LogP) is 4.36. The van der Waals surface area contributed by atoms with Crippen LogP contribution in [-0.2, 0) is 0 Å². The summed E-state index contributed by atoms with van der Waals surface area (Å²) in [5.74, 6) is 0.817. The minimum Gasteiger partial charge on any atom is -0.497 e. The first kappa shape index (κ1) is 15.2. The van der Waals surface area contributed by atoms with Crippen LogP contribution in [-0.4, -0.2) is 26.2 Å². The quantitative estimate of drug-likeness (QED) is 0.777. The summed E-state index contributed by atoms with van der Waals surface area (Å²) in [6, 6.07) is 16.4. The summed E-state index contributed by atoms with van der Waals surface area (Å²) in [4.78, 5) is 6.68. The van der Waals surface area contributed by atoms with E-state index < -0.39 is 0 Å². The van der Waals surface area contributed by atoms with Gasteiger partial charge in [0.2, 0.25) is 0 Å². The molecule has 3 rings (SSSR count). The van der Waals surface area contributed by atoms with Crippen LogP contribution < -0.4 is 15.0 Å². The van der Waals surface area contributed by atoms with E-state index in [1.54, 1.807) is 7.11 Å². The van der Waals surface area contributed by atoms with Crippen molar-refractivity contribution in [1.82, 2.24) is 4.98 Å². The minimum absolute atomic E-state index is 0.817. The second-order valence-corrected chi connectivity index (χ2v) is 5.76. The van der Waals surface area contributed by atoms with E-state index in [9.17, 15) is 0 Å². The van der Waals surface area contributed by atoms with Crippen molar-refractivity contribution >= 4 is 28.0 Å². The van der Waals surface area contributed by atoms with E-state index in [1.807, 2.05) is 39.2 Å². The first-order chi connectivity index (χ1) is 11.1. The van der Waals surface area contributed by atoms with Crippen LogP contribution >= 0.6 is 0 Å². The summed E-state index contributed by atoms with van der Waals surface area (Å²) in [6.45, 7) is 2.00. The lowest BCUT2D eigenvalue weighted by Gasteiger charge is -2.15. The normalized spacial score (nSPS) is 10.6. The third kappa shape index (κ3) is 3.21. The van der Waals surface area contributed by atoms with Gasteiger partial charge in [0, 0.05) is 48.3 Å². The highest BCUT2D eigenvalue weighted by atomic mass is 16.5. The Morgan fingerprint density at radius 3 is 2.39 bits per heavy atom. The smallest absolute Gasteiger partial charge is 0.121 e. The number of hydrogen-bond donors (Lipinski definition) is 1. The van der Waals surface area contributed by atoms with Gasteiger partial charge in [0.05, 0.1) is 12.6 Å². The third-order valence-corrected chi connectivity index (χ3v) is 3.81. The van der Waals surface area contributed by atoms with Crippen LogP contribution in [0.25, 0.3) is 10.9 Å². The van der Waals surface area contributed by atoms with Crippen LogP contribution in [0.5, 0.6) is 5.75 Å². The third-order valence-electron chi connectivity index (χ3n) is 3.81. The largest absolute Gasteiger partial charge is 0.497 e. The lowest BCUT2D eigenvalue weighted by atomic mass is 10.1. The van der Waals surface area contributed by atoms with Gasteiger partial charge in [-0.25, -0.2) is 0 Å². The highest BCUT2D eigenvalue weighted by Crippen LogP contribution is 2.29. The lowest BCUT2D eigenvalue weighted by molar-refractivity contribution is 0.415. The maximum atomic E-state index is 5.29. The summed E-state index contributed by atoms with van der Waals surface area (Å²) in [6.07, 6.45) is 0. The SMILES string of the molecule is COc1ccc2c(Nc3ccc(N(C)C)cc3)cc(C)nc2c1. The second-order valence-electron chi connectivity index (χ2n) is 5.76. The van der Waals surface area contributed by atoms with Crippen LogP contribution in [0.3, 0.4) is 0 Å². The van der Waals surface area contributed by atoms with Gasteiger partial charge in [-0.1, -0.05) is 0 Å². The zero-order valence-corrected chi connectivity index (χ0v) is 13.9. The van der Waals surface area contributed by atoms with Crippen molar-refractivity contribution in [2.75, 3.05) is 31.4 Å². The Balaban J connectivity index is 1.98. The first-order valence-corrected chi connectivity index (χ1v) is 7.56. The van der Waals surface area contributed by atoms with Crippen molar-refractivity contribution in [2.45, 2.75) is 6.92 Å². The van der Waals surface area contributed by atoms with Crippen LogP contribution in [0, 0.1) is 6.92 Å². The number of hydrogen-bond acceptors (Lipinski definition) is 4. The Labute approximate surface area is 136 Å². The van der Waals surface area contributed by atoms with E-state index in [4.69, 9.17) is 4.74 Å². The van der Waals surface area contributed by atoms with Crippen molar-refractivity contribution < 1.29 is 4.74 Å². The fourth-order valence-corrected chi connectivity index (χ4v) is 2.57. The average molecular weight is 307 g/mol. The molecule has 1 heterocycles. The summed E-state index contributed by atoms with van der Waals surface area (Å²) in [7, 11) is 5.74. The molecule has 0 amide bonds. The molecule has 0 bridgehead atoms. The van der Waals surface area contributed by atoms with Crippen molar-refractivity contribution in [3.05, 3.63) is 54.2 Å². The standard InChI is InChI=1S/C19H21N3O/c1-13-11-18(17-10-9-16(23-4)12-19(17)20-13)21-14-5-7-15(8-6-14)22(2)3/h5-12H,1-4H3,(H,20,21). The zero-order valence-electron chi connectivity index (χ0n) is 13.9. The van der Waals surface area contributed by atoms with Gasteiger partial charge >= 0.3 is 0 Å². The summed E-state index contributed by atoms with van der Waals surface area (Å²) in [5, 5.41) is 4.57. The zero-order chi connectivity index (χ0) is 16.4. The number of aromatic nitrogens is 1. The Morgan fingerprint density at radius 2 is 1.74 bits per heavy atom. The molecule has 0 saturated heterocycles. The van der Waals surface area contributed by atoms with Gasteiger partial charge in [-0.05, 0) is 49.4 Å². The molecule has 0 spiro atoms. The fraction of sp³-hybridized carbons (Fsp3) is 0.211. The number of pyridine rings is 1. The van der Waals surface area contributed by atoms with Crippen molar-refractivity contribution in [1.29, 1.82) is 0 Å². The van der Waals surface area contributed by atoms with Crippen LogP contribution in [0.4, 0.5) is 17.1 Å². The molecule has 0 saturated carbocycles. The van der Waals surface area contributed by atoms with Gasteiger partial charge in [-0.15, -0.1) is 0 Å². The van der Waals surface area contributed by atoms with Gasteiger partial charge in [-0.3, -0.25) is 4.98 Å². The molecule has 0 unspecified atom stereocenters. The van der Waals surface area contributed by atoms with Gasteiger partial charge in [-0.2, -0.15) is 0 Å². The minimum atomic E-state index is 0.817. The van der Waals surface area contributed by atoms with Crippen molar-refractivity contribution in [3.63, 3.8) is 0 Å². The van der Waals surface area contributed by atoms with Gasteiger partial charge in [0.15, 0.2) is 0 Å². The van der Waals surface area contributed by atoms with Crippen LogP contribution in [0.1, 0.15) is 5.69 Å². The van der Waals surface area contributed by atoms with E-state index in [0.717, 1.165) is 33.7 Å². The maximum Gasteiger partial charge on any atom is 0.121 e. The number of fused-ring (bicyclic) bond motifs is 1. The lowest BCUT2D eigenvalue weighted by Crippen LogP contribution is -2.08. The molecule has 1 aromatic heterocycles. The monoisotopic (exact) mass is 307 g/mol. The summed E-state index contributed by atoms with van der Waals surface area (Å²) >= 11 is 0. The molecule has 0 atom stereocenters. The number of nitrogens with zero attached hydrogens (tertiary/aromatic N) is 2. The molecule has 3 aromatic rings. The molecule has 0 aliphatic heterocycles. The summed E-state index contributed by atoms with van der Waals surface area (Å²) < 4.78 is 5.29. The van der Waals surface area contributed by atoms with Gasteiger partial charge in [0.1, 0.15) is 5.75 Å². The average Bonchev–Trinajstić information content (AvgIpc) is 2.54. The molecule has 118 valence electrons. The Hall–Kier alpha value is -2.75.